The van der Waals surface area contributed by atoms with Crippen molar-refractivity contribution in [1.29, 1.82) is 0 Å². The smallest absolute Gasteiger partial charge is 0.362 e. The van der Waals surface area contributed by atoms with E-state index >= 15 is 0 Å². The molecule has 1 aliphatic heterocycles. The standard InChI is InChI=1S/C17H27F3N6O2S/c1-4-21-16(23-12-13-6-5-9-22-15(13)25(2)3)24-14-7-10-26(11-8-14)29(27,28)17(18,19)20/h5-6,9,14H,4,7-8,10-12H2,1-3H3,(H2,21,23,24). The Labute approximate surface area is 169 Å². The third-order valence-electron chi connectivity index (χ3n) is 4.47. The predicted molar refractivity (Wildman–Crippen MR) is 106 cm³/mol. The molecule has 1 fully saturated rings. The van der Waals surface area contributed by atoms with Gasteiger partial charge in [-0.1, -0.05) is 6.07 Å². The van der Waals surface area contributed by atoms with E-state index in [1.54, 1.807) is 6.20 Å². The largest absolute Gasteiger partial charge is 0.511 e. The summed E-state index contributed by atoms with van der Waals surface area (Å²) in [5, 5.41) is 6.30. The number of piperidine rings is 1. The summed E-state index contributed by atoms with van der Waals surface area (Å²) >= 11 is 0. The second-order valence-electron chi connectivity index (χ2n) is 6.84. The number of hydrogen-bond acceptors (Lipinski definition) is 5. The van der Waals surface area contributed by atoms with Crippen LogP contribution in [0.5, 0.6) is 0 Å². The highest BCUT2D eigenvalue weighted by Crippen LogP contribution is 2.29. The molecule has 8 nitrogen and oxygen atoms in total. The summed E-state index contributed by atoms with van der Waals surface area (Å²) < 4.78 is 61.6. The molecule has 0 saturated carbocycles. The molecule has 2 heterocycles. The first-order chi connectivity index (χ1) is 13.6. The van der Waals surface area contributed by atoms with Gasteiger partial charge >= 0.3 is 15.5 Å². The average molecular weight is 437 g/mol. The van der Waals surface area contributed by atoms with Crippen LogP contribution in [0.4, 0.5) is 19.0 Å². The van der Waals surface area contributed by atoms with Crippen molar-refractivity contribution in [2.45, 2.75) is 37.9 Å². The van der Waals surface area contributed by atoms with Crippen LogP contribution in [0.2, 0.25) is 0 Å². The van der Waals surface area contributed by atoms with E-state index in [0.29, 0.717) is 23.4 Å². The first-order valence-electron chi connectivity index (χ1n) is 9.28. The highest BCUT2D eigenvalue weighted by Gasteiger charge is 2.50. The van der Waals surface area contributed by atoms with Gasteiger partial charge in [-0.15, -0.1) is 0 Å². The molecule has 0 aromatic carbocycles. The summed E-state index contributed by atoms with van der Waals surface area (Å²) in [7, 11) is -1.49. The van der Waals surface area contributed by atoms with Crippen LogP contribution in [0.15, 0.2) is 23.3 Å². The van der Waals surface area contributed by atoms with Gasteiger partial charge in [-0.2, -0.15) is 17.5 Å². The molecule has 164 valence electrons. The van der Waals surface area contributed by atoms with E-state index < -0.39 is 15.5 Å². The van der Waals surface area contributed by atoms with Crippen molar-refractivity contribution in [2.75, 3.05) is 38.6 Å². The lowest BCUT2D eigenvalue weighted by Gasteiger charge is -2.32. The zero-order chi connectivity index (χ0) is 21.7. The fourth-order valence-corrected chi connectivity index (χ4v) is 4.01. The van der Waals surface area contributed by atoms with Crippen molar-refractivity contribution in [3.63, 3.8) is 0 Å². The lowest BCUT2D eigenvalue weighted by Crippen LogP contribution is -2.51. The van der Waals surface area contributed by atoms with Gasteiger partial charge in [-0.3, -0.25) is 0 Å². The van der Waals surface area contributed by atoms with E-state index in [-0.39, 0.29) is 32.0 Å². The second kappa shape index (κ2) is 9.61. The molecule has 0 bridgehead atoms. The Hall–Kier alpha value is -2.08. The molecule has 29 heavy (non-hydrogen) atoms. The van der Waals surface area contributed by atoms with Crippen molar-refractivity contribution < 1.29 is 21.6 Å². The molecule has 12 heteroatoms. The Balaban J connectivity index is 2.01. The molecule has 1 aromatic rings. The number of nitrogens with zero attached hydrogens (tertiary/aromatic N) is 4. The first-order valence-corrected chi connectivity index (χ1v) is 10.7. The van der Waals surface area contributed by atoms with E-state index in [1.165, 1.54) is 0 Å². The van der Waals surface area contributed by atoms with Crippen molar-refractivity contribution in [3.8, 4) is 0 Å². The molecule has 0 radical (unpaired) electrons. The molecule has 0 unspecified atom stereocenters. The summed E-state index contributed by atoms with van der Waals surface area (Å²) in [6.07, 6.45) is 2.22. The first kappa shape index (κ1) is 23.2. The van der Waals surface area contributed by atoms with Gasteiger partial charge in [0.05, 0.1) is 6.54 Å². The molecule has 0 aliphatic carbocycles. The zero-order valence-electron chi connectivity index (χ0n) is 16.7. The van der Waals surface area contributed by atoms with Crippen LogP contribution in [-0.2, 0) is 16.6 Å². The Morgan fingerprint density at radius 1 is 1.34 bits per heavy atom. The second-order valence-corrected chi connectivity index (χ2v) is 8.77. The Morgan fingerprint density at radius 2 is 2.00 bits per heavy atom. The highest BCUT2D eigenvalue weighted by atomic mass is 32.2. The summed E-state index contributed by atoms with van der Waals surface area (Å²) in [4.78, 5) is 10.8. The van der Waals surface area contributed by atoms with E-state index in [9.17, 15) is 21.6 Å². The highest BCUT2D eigenvalue weighted by molar-refractivity contribution is 7.90. The number of rotatable bonds is 6. The molecule has 1 saturated heterocycles. The van der Waals surface area contributed by atoms with E-state index in [0.717, 1.165) is 11.4 Å². The SMILES string of the molecule is CCNC(=NCc1cccnc1N(C)C)NC1CCN(S(=O)(=O)C(F)(F)F)CC1. The summed E-state index contributed by atoms with van der Waals surface area (Å²) in [6, 6.07) is 3.58. The quantitative estimate of drug-likeness (QED) is 0.519. The Morgan fingerprint density at radius 3 is 2.55 bits per heavy atom. The summed E-state index contributed by atoms with van der Waals surface area (Å²) in [5.41, 5.74) is -4.34. The van der Waals surface area contributed by atoms with Gasteiger partial charge in [0.1, 0.15) is 5.82 Å². The fourth-order valence-electron chi connectivity index (χ4n) is 3.02. The van der Waals surface area contributed by atoms with E-state index in [4.69, 9.17) is 0 Å². The maximum Gasteiger partial charge on any atom is 0.511 e. The van der Waals surface area contributed by atoms with Crippen LogP contribution in [0, 0.1) is 0 Å². The minimum absolute atomic E-state index is 0.172. The van der Waals surface area contributed by atoms with Crippen LogP contribution >= 0.6 is 0 Å². The summed E-state index contributed by atoms with van der Waals surface area (Å²) in [5.74, 6) is 1.33. The number of pyridine rings is 1. The Bertz CT molecular complexity index is 806. The van der Waals surface area contributed by atoms with Crippen molar-refractivity contribution in [3.05, 3.63) is 23.9 Å². The molecule has 2 N–H and O–H groups in total. The van der Waals surface area contributed by atoms with Crippen LogP contribution in [0.3, 0.4) is 0 Å². The number of alkyl halides is 3. The maximum atomic E-state index is 12.7. The van der Waals surface area contributed by atoms with E-state index in [1.807, 2.05) is 38.1 Å². The fraction of sp³-hybridized carbons (Fsp3) is 0.647. The number of halogens is 3. The lowest BCUT2D eigenvalue weighted by molar-refractivity contribution is -0.0494. The average Bonchev–Trinajstić information content (AvgIpc) is 2.66. The van der Waals surface area contributed by atoms with Crippen molar-refractivity contribution in [1.82, 2.24) is 19.9 Å². The molecule has 0 amide bonds. The van der Waals surface area contributed by atoms with Crippen LogP contribution < -0.4 is 15.5 Å². The monoisotopic (exact) mass is 436 g/mol. The molecule has 2 rings (SSSR count). The predicted octanol–water partition coefficient (Wildman–Crippen LogP) is 1.52. The van der Waals surface area contributed by atoms with E-state index in [2.05, 4.69) is 20.6 Å². The minimum Gasteiger partial charge on any atom is -0.362 e. The molecule has 0 atom stereocenters. The number of sulfonamides is 1. The minimum atomic E-state index is -5.27. The van der Waals surface area contributed by atoms with Crippen LogP contribution in [0.25, 0.3) is 0 Å². The Kier molecular flexibility index (Phi) is 7.69. The van der Waals surface area contributed by atoms with Gasteiger partial charge in [-0.25, -0.2) is 18.4 Å². The molecule has 1 aliphatic rings. The normalized spacial score (nSPS) is 17.2. The van der Waals surface area contributed by atoms with Crippen molar-refractivity contribution in [2.24, 2.45) is 4.99 Å². The number of hydrogen-bond donors (Lipinski definition) is 2. The number of aliphatic imine (C=N–C) groups is 1. The number of nitrogens with one attached hydrogen (secondary N) is 2. The molecule has 1 aromatic heterocycles. The third kappa shape index (κ3) is 5.95. The number of guanidine groups is 1. The third-order valence-corrected chi connectivity index (χ3v) is 6.10. The molecule has 0 spiro atoms. The van der Waals surface area contributed by atoms with Crippen LogP contribution in [0.1, 0.15) is 25.3 Å². The maximum absolute atomic E-state index is 12.7. The lowest BCUT2D eigenvalue weighted by atomic mass is 10.1. The van der Waals surface area contributed by atoms with Crippen LogP contribution in [-0.4, -0.2) is 68.9 Å². The van der Waals surface area contributed by atoms with Gasteiger partial charge in [0, 0.05) is 51.5 Å². The molecular weight excluding hydrogens is 409 g/mol. The van der Waals surface area contributed by atoms with Gasteiger partial charge < -0.3 is 15.5 Å². The van der Waals surface area contributed by atoms with Crippen molar-refractivity contribution >= 4 is 21.8 Å². The topological polar surface area (TPSA) is 89.9 Å². The number of anilines is 1. The van der Waals surface area contributed by atoms with Gasteiger partial charge in [-0.05, 0) is 25.8 Å². The molecular formula is C17H27F3N6O2S. The zero-order valence-corrected chi connectivity index (χ0v) is 17.5. The number of aromatic nitrogens is 1. The summed E-state index contributed by atoms with van der Waals surface area (Å²) in [6.45, 7) is 2.52. The van der Waals surface area contributed by atoms with Gasteiger partial charge in [0.15, 0.2) is 5.96 Å². The van der Waals surface area contributed by atoms with Gasteiger partial charge in [0.25, 0.3) is 0 Å². The van der Waals surface area contributed by atoms with Gasteiger partial charge in [0.2, 0.25) is 0 Å².